The van der Waals surface area contributed by atoms with E-state index in [1.54, 1.807) is 20.8 Å². The van der Waals surface area contributed by atoms with E-state index in [2.05, 4.69) is 0 Å². The van der Waals surface area contributed by atoms with E-state index in [-0.39, 0.29) is 18.4 Å². The maximum Gasteiger partial charge on any atom is 0.516 e. The van der Waals surface area contributed by atoms with Crippen LogP contribution in [0, 0.1) is 11.8 Å². The van der Waals surface area contributed by atoms with Gasteiger partial charge in [0.2, 0.25) is 6.04 Å². The van der Waals surface area contributed by atoms with Gasteiger partial charge < -0.3 is 9.47 Å². The molecule has 2 saturated carbocycles. The van der Waals surface area contributed by atoms with Gasteiger partial charge in [0.25, 0.3) is 0 Å². The average Bonchev–Trinajstić information content (AvgIpc) is 3.51. The maximum absolute atomic E-state index is 13.2. The van der Waals surface area contributed by atoms with Gasteiger partial charge in [-0.2, -0.15) is 4.79 Å². The van der Waals surface area contributed by atoms with E-state index in [0.717, 1.165) is 18.4 Å². The van der Waals surface area contributed by atoms with Crippen LogP contribution in [0.2, 0.25) is 0 Å². The number of allylic oxidation sites excluding steroid dienone is 1. The van der Waals surface area contributed by atoms with Crippen molar-refractivity contribution in [2.45, 2.75) is 70.7 Å². The fraction of sp³-hybridized carbons (Fsp3) is 0.542. The minimum Gasteiger partial charge on any atom is -0.456 e. The molecule has 0 spiro atoms. The molecule has 2 heterocycles. The molecule has 1 aromatic rings. The predicted octanol–water partition coefficient (Wildman–Crippen LogP) is 2.62. The summed E-state index contributed by atoms with van der Waals surface area (Å²) >= 11 is 0. The first-order valence-electron chi connectivity index (χ1n) is 10.8. The first-order chi connectivity index (χ1) is 14.2. The van der Waals surface area contributed by atoms with Crippen molar-refractivity contribution in [3.05, 3.63) is 47.5 Å². The van der Waals surface area contributed by atoms with Crippen LogP contribution in [-0.4, -0.2) is 35.5 Å². The van der Waals surface area contributed by atoms with Crippen molar-refractivity contribution in [2.24, 2.45) is 11.8 Å². The number of rotatable bonds is 4. The summed E-state index contributed by atoms with van der Waals surface area (Å²) < 4.78 is 11.2. The number of hydrogen-bond donors (Lipinski definition) is 1. The number of esters is 1. The van der Waals surface area contributed by atoms with E-state index < -0.39 is 29.6 Å². The van der Waals surface area contributed by atoms with E-state index in [9.17, 15) is 14.4 Å². The van der Waals surface area contributed by atoms with Crippen molar-refractivity contribution in [3.8, 4) is 0 Å². The Morgan fingerprint density at radius 1 is 1.10 bits per heavy atom. The van der Waals surface area contributed by atoms with Crippen molar-refractivity contribution in [2.75, 3.05) is 0 Å². The van der Waals surface area contributed by atoms with Crippen molar-refractivity contribution in [1.82, 2.24) is 0 Å². The summed E-state index contributed by atoms with van der Waals surface area (Å²) in [7, 11) is 0. The zero-order valence-electron chi connectivity index (χ0n) is 17.9. The van der Waals surface area contributed by atoms with Crippen molar-refractivity contribution < 1.29 is 28.8 Å². The lowest BCUT2D eigenvalue weighted by atomic mass is 9.70. The van der Waals surface area contributed by atoms with Crippen LogP contribution in [0.3, 0.4) is 0 Å². The van der Waals surface area contributed by atoms with Gasteiger partial charge in [0.05, 0.1) is 5.92 Å². The van der Waals surface area contributed by atoms with Gasteiger partial charge in [-0.1, -0.05) is 36.4 Å². The fourth-order valence-corrected chi connectivity index (χ4v) is 4.52. The third kappa shape index (κ3) is 4.33. The van der Waals surface area contributed by atoms with E-state index >= 15 is 0 Å². The molecule has 2 saturated heterocycles. The number of amides is 1. The first-order valence-corrected chi connectivity index (χ1v) is 10.8. The molecule has 2 aliphatic carbocycles. The van der Waals surface area contributed by atoms with E-state index in [1.165, 1.54) is 0 Å². The molecule has 2 bridgehead atoms. The smallest absolute Gasteiger partial charge is 0.456 e. The van der Waals surface area contributed by atoms with Gasteiger partial charge in [-0.05, 0) is 51.5 Å². The van der Waals surface area contributed by atoms with Crippen LogP contribution in [0.25, 0.3) is 0 Å². The van der Waals surface area contributed by atoms with Crippen molar-refractivity contribution in [1.29, 1.82) is 0 Å². The average molecular weight is 413 g/mol. The molecule has 1 aromatic carbocycles. The number of ketones is 1. The molecule has 5 rings (SSSR count). The predicted molar refractivity (Wildman–Crippen MR) is 110 cm³/mol. The lowest BCUT2D eigenvalue weighted by molar-refractivity contribution is -0.875. The largest absolute Gasteiger partial charge is 0.516 e. The van der Waals surface area contributed by atoms with Crippen LogP contribution in [0.5, 0.6) is 0 Å². The van der Waals surface area contributed by atoms with Crippen molar-refractivity contribution >= 4 is 17.8 Å². The molecule has 4 fully saturated rings. The molecule has 1 amide bonds. The zero-order chi connectivity index (χ0) is 21.5. The van der Waals surface area contributed by atoms with Crippen LogP contribution in [0.15, 0.2) is 42.0 Å². The number of carbonyl (C=O) groups excluding carboxylic acids is 3. The standard InChI is InChI=1S/C24H29NO5/c1-24(2,3)30-23(28)25-19-12-11-17(21(26)18(19)13-15-9-10-15)20(25)22(27)29-14-16-7-5-4-6-8-16/h4-8,13,15,17,19-20H,9-12,14H2,1-3H3/p+1. The molecule has 4 unspecified atom stereocenters. The minimum absolute atomic E-state index is 0.00659. The minimum atomic E-state index is -0.855. The normalized spacial score (nSPS) is 29.7. The summed E-state index contributed by atoms with van der Waals surface area (Å²) in [6.45, 7) is 5.54. The SMILES string of the molecule is CC(C)(C)OC(=O)[NH+]1C2CCC(C(=O)C2=CC2CC2)C1C(=O)OCc1ccccc1. The quantitative estimate of drug-likeness (QED) is 0.608. The molecule has 4 atom stereocenters. The Labute approximate surface area is 177 Å². The van der Waals surface area contributed by atoms with Crippen LogP contribution in [0.4, 0.5) is 4.79 Å². The Morgan fingerprint density at radius 3 is 2.43 bits per heavy atom. The van der Waals surface area contributed by atoms with Gasteiger partial charge in [0, 0.05) is 12.0 Å². The number of quaternary nitrogens is 1. The lowest BCUT2D eigenvalue weighted by Gasteiger charge is -2.45. The molecule has 4 aliphatic rings. The molecule has 0 aromatic heterocycles. The third-order valence-corrected chi connectivity index (χ3v) is 6.03. The number of alkyl carbamates (subject to hydrolysis) is 2. The summed E-state index contributed by atoms with van der Waals surface area (Å²) in [4.78, 5) is 39.8. The van der Waals surface area contributed by atoms with Gasteiger partial charge in [-0.25, -0.2) is 9.69 Å². The highest BCUT2D eigenvalue weighted by atomic mass is 16.6. The number of hydrogen-bond acceptors (Lipinski definition) is 5. The molecule has 0 radical (unpaired) electrons. The molecule has 30 heavy (non-hydrogen) atoms. The van der Waals surface area contributed by atoms with Gasteiger partial charge in [0.15, 0.2) is 5.78 Å². The number of carbonyl (C=O) groups is 3. The van der Waals surface area contributed by atoms with Crippen LogP contribution < -0.4 is 4.90 Å². The Bertz CT molecular complexity index is 865. The number of Topliss-reactive ketones (excluding diaryl/α,β-unsaturated/α-hetero) is 1. The summed E-state index contributed by atoms with van der Waals surface area (Å²) in [5, 5.41) is 0. The van der Waals surface area contributed by atoms with E-state index in [4.69, 9.17) is 9.47 Å². The summed E-state index contributed by atoms with van der Waals surface area (Å²) in [5.41, 5.74) is 0.900. The zero-order valence-corrected chi connectivity index (χ0v) is 17.9. The Morgan fingerprint density at radius 2 is 1.80 bits per heavy atom. The van der Waals surface area contributed by atoms with Gasteiger partial charge in [0.1, 0.15) is 18.2 Å². The third-order valence-electron chi connectivity index (χ3n) is 6.03. The van der Waals surface area contributed by atoms with E-state index in [1.807, 2.05) is 36.4 Å². The number of ether oxygens (including phenoxy) is 2. The topological polar surface area (TPSA) is 74.1 Å². The molecule has 6 nitrogen and oxygen atoms in total. The Kier molecular flexibility index (Phi) is 5.53. The van der Waals surface area contributed by atoms with Gasteiger partial charge in [-0.3, -0.25) is 4.79 Å². The highest BCUT2D eigenvalue weighted by molar-refractivity contribution is 6.03. The first kappa shape index (κ1) is 20.8. The monoisotopic (exact) mass is 412 g/mol. The Balaban J connectivity index is 1.60. The number of benzene rings is 1. The second-order valence-corrected chi connectivity index (χ2v) is 9.59. The summed E-state index contributed by atoms with van der Waals surface area (Å²) in [5.74, 6) is -0.613. The summed E-state index contributed by atoms with van der Waals surface area (Å²) in [6.07, 6.45) is 5.02. The number of nitrogens with one attached hydrogen (secondary N) is 1. The van der Waals surface area contributed by atoms with E-state index in [0.29, 0.717) is 29.2 Å². The molecular weight excluding hydrogens is 382 g/mol. The molecule has 6 heteroatoms. The second kappa shape index (κ2) is 7.99. The highest BCUT2D eigenvalue weighted by Gasteiger charge is 2.60. The molecule has 1 N–H and O–H groups in total. The van der Waals surface area contributed by atoms with Gasteiger partial charge >= 0.3 is 12.1 Å². The summed E-state index contributed by atoms with van der Waals surface area (Å²) in [6, 6.07) is 8.20. The lowest BCUT2D eigenvalue weighted by Crippen LogP contribution is -3.25. The van der Waals surface area contributed by atoms with Crippen LogP contribution in [0.1, 0.15) is 52.0 Å². The molecular formula is C24H30NO5+. The van der Waals surface area contributed by atoms with Crippen LogP contribution in [-0.2, 0) is 25.7 Å². The maximum atomic E-state index is 13.2. The number of piperidine rings is 2. The van der Waals surface area contributed by atoms with Gasteiger partial charge in [-0.15, -0.1) is 0 Å². The number of fused-ring (bicyclic) bond motifs is 3. The fourth-order valence-electron chi connectivity index (χ4n) is 4.52. The second-order valence-electron chi connectivity index (χ2n) is 9.59. The Hall–Kier alpha value is -2.47. The molecule has 160 valence electrons. The van der Waals surface area contributed by atoms with Crippen molar-refractivity contribution in [3.63, 3.8) is 0 Å². The highest BCUT2D eigenvalue weighted by Crippen LogP contribution is 2.37. The van der Waals surface area contributed by atoms with Crippen LogP contribution >= 0.6 is 0 Å². The molecule has 2 aliphatic heterocycles.